The Labute approximate surface area is 149 Å². The second-order valence-corrected chi connectivity index (χ2v) is 6.48. The molecule has 1 aliphatic rings. The van der Waals surface area contributed by atoms with E-state index < -0.39 is 0 Å². The van der Waals surface area contributed by atoms with Crippen LogP contribution in [0, 0.1) is 0 Å². The van der Waals surface area contributed by atoms with Crippen molar-refractivity contribution in [3.63, 3.8) is 0 Å². The van der Waals surface area contributed by atoms with Crippen molar-refractivity contribution in [2.24, 2.45) is 0 Å². The van der Waals surface area contributed by atoms with E-state index in [1.807, 2.05) is 19.2 Å². The molecule has 1 aliphatic heterocycles. The molecule has 25 heavy (non-hydrogen) atoms. The highest BCUT2D eigenvalue weighted by Crippen LogP contribution is 2.29. The first-order chi connectivity index (χ1) is 12.1. The number of nitrogens with one attached hydrogen (secondary N) is 2. The normalized spacial score (nSPS) is 14.3. The number of likely N-dealkylation sites (N-methyl/N-ethyl adjacent to an activating group) is 1. The second kappa shape index (κ2) is 6.34. The molecule has 1 amide bonds. The van der Waals surface area contributed by atoms with Gasteiger partial charge < -0.3 is 9.42 Å². The molecule has 0 unspecified atom stereocenters. The largest absolute Gasteiger partial charge is 0.338 e. The molecular formula is C17H16ClN5O2. The Bertz CT molecular complexity index is 916. The van der Waals surface area contributed by atoms with Gasteiger partial charge in [-0.25, -0.2) is 0 Å². The summed E-state index contributed by atoms with van der Waals surface area (Å²) in [5.41, 5.74) is 3.87. The average molecular weight is 358 g/mol. The number of fused-ring (bicyclic) bond motifs is 1. The lowest BCUT2D eigenvalue weighted by Gasteiger charge is -2.22. The minimum absolute atomic E-state index is 0.285. The summed E-state index contributed by atoms with van der Waals surface area (Å²) >= 11 is 5.92. The Balaban J connectivity index is 1.60. The van der Waals surface area contributed by atoms with Gasteiger partial charge in [0.15, 0.2) is 5.69 Å². The van der Waals surface area contributed by atoms with E-state index in [0.29, 0.717) is 22.8 Å². The van der Waals surface area contributed by atoms with Crippen LogP contribution >= 0.6 is 11.6 Å². The van der Waals surface area contributed by atoms with Gasteiger partial charge in [0.05, 0.1) is 11.8 Å². The van der Waals surface area contributed by atoms with Gasteiger partial charge >= 0.3 is 0 Å². The van der Waals surface area contributed by atoms with Gasteiger partial charge in [0.1, 0.15) is 0 Å². The zero-order chi connectivity index (χ0) is 17.4. The maximum atomic E-state index is 12.7. The molecule has 0 atom stereocenters. The Morgan fingerprint density at radius 2 is 2.16 bits per heavy atom. The first kappa shape index (κ1) is 15.9. The van der Waals surface area contributed by atoms with E-state index in [4.69, 9.17) is 16.1 Å². The van der Waals surface area contributed by atoms with Crippen LogP contribution in [-0.4, -0.2) is 39.8 Å². The molecule has 2 N–H and O–H groups in total. The number of hydrogen-bond donors (Lipinski definition) is 2. The number of nitrogens with zero attached hydrogens (tertiary/aromatic N) is 3. The fraction of sp³-hybridized carbons (Fsp3) is 0.235. The van der Waals surface area contributed by atoms with Crippen molar-refractivity contribution in [3.05, 3.63) is 52.4 Å². The minimum atomic E-state index is -0.320. The minimum Gasteiger partial charge on any atom is -0.338 e. The first-order valence-corrected chi connectivity index (χ1v) is 8.26. The zero-order valence-corrected chi connectivity index (χ0v) is 14.3. The van der Waals surface area contributed by atoms with E-state index in [9.17, 15) is 4.79 Å². The summed E-state index contributed by atoms with van der Waals surface area (Å²) in [4.78, 5) is 14.8. The van der Waals surface area contributed by atoms with Gasteiger partial charge in [-0.05, 0) is 24.7 Å². The van der Waals surface area contributed by atoms with Crippen molar-refractivity contribution < 1.29 is 9.32 Å². The van der Waals surface area contributed by atoms with Gasteiger partial charge in [0.25, 0.3) is 5.91 Å². The van der Waals surface area contributed by atoms with Crippen LogP contribution in [-0.2, 0) is 13.0 Å². The van der Waals surface area contributed by atoms with Crippen molar-refractivity contribution in [2.75, 3.05) is 18.9 Å². The predicted octanol–water partition coefficient (Wildman–Crippen LogP) is 2.96. The van der Waals surface area contributed by atoms with Gasteiger partial charge in [-0.2, -0.15) is 5.10 Å². The monoisotopic (exact) mass is 357 g/mol. The number of H-pyrrole nitrogens is 1. The molecule has 0 bridgehead atoms. The fourth-order valence-electron chi connectivity index (χ4n) is 2.94. The third kappa shape index (κ3) is 3.04. The third-order valence-corrected chi connectivity index (χ3v) is 4.54. The summed E-state index contributed by atoms with van der Waals surface area (Å²) in [6, 6.07) is 7.23. The molecule has 3 aromatic rings. The van der Waals surface area contributed by atoms with Gasteiger partial charge in [-0.3, -0.25) is 15.2 Å². The van der Waals surface area contributed by atoms with E-state index >= 15 is 0 Å². The molecule has 4 rings (SSSR count). The average Bonchev–Trinajstić information content (AvgIpc) is 3.22. The summed E-state index contributed by atoms with van der Waals surface area (Å²) in [5, 5.41) is 14.3. The quantitative estimate of drug-likeness (QED) is 0.752. The van der Waals surface area contributed by atoms with Gasteiger partial charge in [-0.15, -0.1) is 0 Å². The number of hydrogen-bond acceptors (Lipinski definition) is 5. The molecule has 0 aliphatic carbocycles. The maximum Gasteiger partial charge on any atom is 0.278 e. The van der Waals surface area contributed by atoms with Crippen LogP contribution in [0.4, 0.5) is 5.88 Å². The van der Waals surface area contributed by atoms with Crippen molar-refractivity contribution in [3.8, 4) is 11.1 Å². The highest BCUT2D eigenvalue weighted by Gasteiger charge is 2.25. The Morgan fingerprint density at radius 3 is 2.96 bits per heavy atom. The molecule has 0 fully saturated rings. The number of anilines is 1. The number of carbonyl (C=O) groups excluding carboxylic acids is 1. The lowest BCUT2D eigenvalue weighted by molar-refractivity contribution is 0.101. The summed E-state index contributed by atoms with van der Waals surface area (Å²) < 4.78 is 5.22. The molecule has 0 spiro atoms. The number of halogens is 1. The molecule has 2 aromatic heterocycles. The van der Waals surface area contributed by atoms with Crippen LogP contribution in [0.15, 0.2) is 35.0 Å². The Hall–Kier alpha value is -2.64. The molecule has 7 nitrogen and oxygen atoms in total. The highest BCUT2D eigenvalue weighted by atomic mass is 35.5. The first-order valence-electron chi connectivity index (χ1n) is 7.88. The molecule has 8 heteroatoms. The van der Waals surface area contributed by atoms with Crippen LogP contribution in [0.1, 0.15) is 21.7 Å². The standard InChI is InChI=1S/C17H16ClN5O2/c1-23-7-6-14-13(9-23)15(22-21-14)16(24)20-17-12(8-19-25-17)10-2-4-11(18)5-3-10/h2-5,8H,6-7,9H2,1H3,(H,20,24)(H,21,22). The molecule has 0 radical (unpaired) electrons. The van der Waals surface area contributed by atoms with Gasteiger partial charge in [0.2, 0.25) is 5.88 Å². The predicted molar refractivity (Wildman–Crippen MR) is 93.5 cm³/mol. The van der Waals surface area contributed by atoms with Crippen molar-refractivity contribution in [1.82, 2.24) is 20.3 Å². The molecule has 1 aromatic carbocycles. The summed E-state index contributed by atoms with van der Waals surface area (Å²) in [7, 11) is 2.02. The van der Waals surface area contributed by atoms with E-state index in [0.717, 1.165) is 29.8 Å². The van der Waals surface area contributed by atoms with Crippen molar-refractivity contribution in [1.29, 1.82) is 0 Å². The van der Waals surface area contributed by atoms with E-state index in [1.165, 1.54) is 0 Å². The smallest absolute Gasteiger partial charge is 0.278 e. The number of aromatic nitrogens is 3. The van der Waals surface area contributed by atoms with Crippen molar-refractivity contribution >= 4 is 23.4 Å². The zero-order valence-electron chi connectivity index (χ0n) is 13.5. The number of rotatable bonds is 3. The van der Waals surface area contributed by atoms with Crippen LogP contribution in [0.25, 0.3) is 11.1 Å². The lowest BCUT2D eigenvalue weighted by atomic mass is 10.1. The van der Waals surface area contributed by atoms with Gasteiger partial charge in [-0.1, -0.05) is 28.9 Å². The number of carbonyl (C=O) groups is 1. The number of aromatic amines is 1. The molecule has 3 heterocycles. The summed E-state index contributed by atoms with van der Waals surface area (Å²) in [6.07, 6.45) is 2.41. The number of benzene rings is 1. The Kier molecular flexibility index (Phi) is 4.03. The second-order valence-electron chi connectivity index (χ2n) is 6.05. The van der Waals surface area contributed by atoms with Crippen LogP contribution in [0.5, 0.6) is 0 Å². The van der Waals surface area contributed by atoms with Crippen LogP contribution < -0.4 is 5.32 Å². The lowest BCUT2D eigenvalue weighted by Crippen LogP contribution is -2.27. The topological polar surface area (TPSA) is 87.0 Å². The molecular weight excluding hydrogens is 342 g/mol. The van der Waals surface area contributed by atoms with Crippen molar-refractivity contribution in [2.45, 2.75) is 13.0 Å². The van der Waals surface area contributed by atoms with E-state index in [-0.39, 0.29) is 11.8 Å². The fourth-order valence-corrected chi connectivity index (χ4v) is 3.07. The summed E-state index contributed by atoms with van der Waals surface area (Å²) in [6.45, 7) is 1.63. The molecule has 0 saturated heterocycles. The van der Waals surface area contributed by atoms with Crippen LogP contribution in [0.3, 0.4) is 0 Å². The highest BCUT2D eigenvalue weighted by molar-refractivity contribution is 6.30. The van der Waals surface area contributed by atoms with E-state index in [2.05, 4.69) is 25.6 Å². The maximum absolute atomic E-state index is 12.7. The number of amides is 1. The molecule has 128 valence electrons. The van der Waals surface area contributed by atoms with Gasteiger partial charge in [0, 0.05) is 35.8 Å². The Morgan fingerprint density at radius 1 is 1.36 bits per heavy atom. The third-order valence-electron chi connectivity index (χ3n) is 4.29. The SMILES string of the molecule is CN1CCc2[nH]nc(C(=O)Nc3oncc3-c3ccc(Cl)cc3)c2C1. The van der Waals surface area contributed by atoms with E-state index in [1.54, 1.807) is 18.3 Å². The molecule has 0 saturated carbocycles. The summed E-state index contributed by atoms with van der Waals surface area (Å²) in [5.74, 6) is -0.0343. The van der Waals surface area contributed by atoms with Crippen LogP contribution in [0.2, 0.25) is 5.02 Å².